The van der Waals surface area contributed by atoms with Crippen molar-refractivity contribution in [1.82, 2.24) is 8.97 Å². The fraction of sp³-hybridized carbons (Fsp3) is 0.250. The first kappa shape index (κ1) is 28.4. The van der Waals surface area contributed by atoms with Crippen molar-refractivity contribution in [2.24, 2.45) is 0 Å². The monoisotopic (exact) mass is 420 g/mol. The quantitative estimate of drug-likeness (QED) is 0.279. The van der Waals surface area contributed by atoms with Crippen LogP contribution in [0, 0.1) is 0 Å². The smallest absolute Gasteiger partial charge is 0.195 e. The Morgan fingerprint density at radius 3 is 0.893 bits per heavy atom. The van der Waals surface area contributed by atoms with Crippen LogP contribution in [0.5, 0.6) is 0 Å². The molecule has 0 aliphatic rings. The zero-order valence-corrected chi connectivity index (χ0v) is 18.4. The standard InChI is InChI=1S/C24H34N2.2ClH/c1-7-17-25(18-8-2,19-9-3)23-15-13-14-16-24(23)26(20-10-4,21-11-5)22-12-6;;/h7-16H,1-6,17-22H2;2*1H/q+2;;/p-2. The van der Waals surface area contributed by atoms with Gasteiger partial charge in [0, 0.05) is 12.1 Å². The summed E-state index contributed by atoms with van der Waals surface area (Å²) in [5.41, 5.74) is 2.52. The lowest BCUT2D eigenvalue weighted by atomic mass is 10.1. The van der Waals surface area contributed by atoms with E-state index < -0.39 is 0 Å². The Bertz CT molecular complexity index is 554. The van der Waals surface area contributed by atoms with Crippen LogP contribution in [0.2, 0.25) is 0 Å². The van der Waals surface area contributed by atoms with E-state index in [0.717, 1.165) is 48.2 Å². The molecule has 0 saturated heterocycles. The molecule has 0 N–H and O–H groups in total. The second-order valence-corrected chi connectivity index (χ2v) is 6.61. The van der Waals surface area contributed by atoms with Gasteiger partial charge >= 0.3 is 0 Å². The first-order valence-corrected chi connectivity index (χ1v) is 9.07. The summed E-state index contributed by atoms with van der Waals surface area (Å²) >= 11 is 0. The van der Waals surface area contributed by atoms with E-state index in [2.05, 4.69) is 63.7 Å². The normalized spacial score (nSPS) is 10.6. The van der Waals surface area contributed by atoms with Crippen LogP contribution in [0.15, 0.2) is 100 Å². The van der Waals surface area contributed by atoms with E-state index in [4.69, 9.17) is 0 Å². The van der Waals surface area contributed by atoms with E-state index in [0.29, 0.717) is 0 Å². The van der Waals surface area contributed by atoms with Crippen molar-refractivity contribution in [2.45, 2.75) is 0 Å². The van der Waals surface area contributed by atoms with E-state index in [1.807, 2.05) is 36.5 Å². The fourth-order valence-electron chi connectivity index (χ4n) is 3.79. The van der Waals surface area contributed by atoms with Gasteiger partial charge in [-0.1, -0.05) is 51.6 Å². The average molecular weight is 421 g/mol. The van der Waals surface area contributed by atoms with E-state index in [9.17, 15) is 0 Å². The van der Waals surface area contributed by atoms with E-state index in [1.54, 1.807) is 0 Å². The van der Waals surface area contributed by atoms with Gasteiger partial charge in [0.05, 0.1) is 0 Å². The van der Waals surface area contributed by atoms with Gasteiger partial charge in [0.2, 0.25) is 0 Å². The zero-order valence-electron chi connectivity index (χ0n) is 16.9. The molecule has 0 unspecified atom stereocenters. The van der Waals surface area contributed by atoms with Crippen LogP contribution in [-0.4, -0.2) is 39.3 Å². The summed E-state index contributed by atoms with van der Waals surface area (Å²) < 4.78 is 1.44. The van der Waals surface area contributed by atoms with Gasteiger partial charge in [0.1, 0.15) is 39.3 Å². The van der Waals surface area contributed by atoms with E-state index in [1.165, 1.54) is 11.4 Å². The minimum atomic E-state index is 0. The van der Waals surface area contributed by atoms with Gasteiger partial charge in [-0.15, -0.1) is 0 Å². The van der Waals surface area contributed by atoms with Crippen LogP contribution in [0.3, 0.4) is 0 Å². The zero-order chi connectivity index (χ0) is 19.5. The van der Waals surface area contributed by atoms with Crippen molar-refractivity contribution in [2.75, 3.05) is 39.3 Å². The van der Waals surface area contributed by atoms with Gasteiger partial charge in [0.15, 0.2) is 11.4 Å². The third kappa shape index (κ3) is 6.35. The number of benzene rings is 1. The molecule has 0 radical (unpaired) electrons. The summed E-state index contributed by atoms with van der Waals surface area (Å²) in [6, 6.07) is 8.64. The minimum absolute atomic E-state index is 0. The molecule has 1 rings (SSSR count). The lowest BCUT2D eigenvalue weighted by Crippen LogP contribution is -3.00. The maximum Gasteiger partial charge on any atom is 0.195 e. The van der Waals surface area contributed by atoms with Crippen molar-refractivity contribution < 1.29 is 24.8 Å². The molecule has 1 aromatic rings. The molecule has 0 fully saturated rings. The first-order valence-electron chi connectivity index (χ1n) is 9.07. The third-order valence-electron chi connectivity index (χ3n) is 4.78. The molecule has 154 valence electrons. The van der Waals surface area contributed by atoms with Crippen LogP contribution in [-0.2, 0) is 0 Å². The van der Waals surface area contributed by atoms with Crippen LogP contribution < -0.4 is 33.8 Å². The van der Waals surface area contributed by atoms with E-state index >= 15 is 0 Å². The van der Waals surface area contributed by atoms with Gasteiger partial charge in [-0.2, -0.15) is 0 Å². The maximum absolute atomic E-state index is 4.00. The number of hydrogen-bond donors (Lipinski definition) is 0. The van der Waals surface area contributed by atoms with Gasteiger partial charge < -0.3 is 24.8 Å². The topological polar surface area (TPSA) is 0 Å². The van der Waals surface area contributed by atoms with Crippen LogP contribution in [0.1, 0.15) is 0 Å². The Morgan fingerprint density at radius 1 is 0.500 bits per heavy atom. The molecule has 0 saturated carbocycles. The predicted molar refractivity (Wildman–Crippen MR) is 120 cm³/mol. The molecular formula is C24H34Cl2N2. The second kappa shape index (κ2) is 14.2. The van der Waals surface area contributed by atoms with Crippen molar-refractivity contribution in [3.63, 3.8) is 0 Å². The predicted octanol–water partition coefficient (Wildman–Crippen LogP) is -0.575. The van der Waals surface area contributed by atoms with Crippen molar-refractivity contribution in [1.29, 1.82) is 0 Å². The Labute approximate surface area is 184 Å². The molecule has 0 aliphatic carbocycles. The summed E-state index contributed by atoms with van der Waals surface area (Å²) in [6.07, 6.45) is 11.9. The number of nitrogens with zero attached hydrogens (tertiary/aromatic N) is 2. The van der Waals surface area contributed by atoms with Gasteiger partial charge in [-0.25, -0.2) is 0 Å². The highest BCUT2D eigenvalue weighted by Gasteiger charge is 2.38. The first-order chi connectivity index (χ1) is 12.6. The van der Waals surface area contributed by atoms with Crippen molar-refractivity contribution in [3.05, 3.63) is 100 Å². The second-order valence-electron chi connectivity index (χ2n) is 6.61. The third-order valence-corrected chi connectivity index (χ3v) is 4.78. The van der Waals surface area contributed by atoms with Gasteiger partial charge in [-0.3, -0.25) is 8.97 Å². The molecular weight excluding hydrogens is 387 g/mol. The van der Waals surface area contributed by atoms with Crippen molar-refractivity contribution in [3.8, 4) is 0 Å². The average Bonchev–Trinajstić information content (AvgIpc) is 2.63. The maximum atomic E-state index is 4.00. The number of rotatable bonds is 14. The highest BCUT2D eigenvalue weighted by Crippen LogP contribution is 2.38. The molecule has 0 aromatic heterocycles. The lowest BCUT2D eigenvalue weighted by molar-refractivity contribution is -0.001000. The Morgan fingerprint density at radius 2 is 0.714 bits per heavy atom. The van der Waals surface area contributed by atoms with Gasteiger partial charge in [0.25, 0.3) is 0 Å². The Hall–Kier alpha value is -1.84. The molecule has 0 amide bonds. The summed E-state index contributed by atoms with van der Waals surface area (Å²) in [6.45, 7) is 28.9. The Kier molecular flexibility index (Phi) is 14.4. The lowest BCUT2D eigenvalue weighted by Gasteiger charge is -2.42. The highest BCUT2D eigenvalue weighted by molar-refractivity contribution is 5.68. The number of hydrogen-bond acceptors (Lipinski definition) is 0. The molecule has 28 heavy (non-hydrogen) atoms. The SMILES string of the molecule is C=CC[N+](CC=C)(CC=C)c1ccccc1[N+](CC=C)(CC=C)CC=C.[Cl-].[Cl-]. The molecule has 2 nitrogen and oxygen atoms in total. The van der Waals surface area contributed by atoms with E-state index in [-0.39, 0.29) is 24.8 Å². The highest BCUT2D eigenvalue weighted by atomic mass is 35.5. The minimum Gasteiger partial charge on any atom is -1.00 e. The molecule has 1 aromatic carbocycles. The Balaban J connectivity index is 0. The number of quaternary nitrogens is 2. The van der Waals surface area contributed by atoms with Crippen LogP contribution >= 0.6 is 0 Å². The molecule has 0 spiro atoms. The number of halogens is 2. The largest absolute Gasteiger partial charge is 1.00 e. The molecule has 4 heteroatoms. The number of para-hydroxylation sites is 2. The summed E-state index contributed by atoms with van der Waals surface area (Å²) in [5.74, 6) is 0. The molecule has 0 heterocycles. The summed E-state index contributed by atoms with van der Waals surface area (Å²) in [5, 5.41) is 0. The molecule has 0 atom stereocenters. The summed E-state index contributed by atoms with van der Waals surface area (Å²) in [7, 11) is 0. The fourth-order valence-corrected chi connectivity index (χ4v) is 3.79. The van der Waals surface area contributed by atoms with Crippen LogP contribution in [0.4, 0.5) is 11.4 Å². The summed E-state index contributed by atoms with van der Waals surface area (Å²) in [4.78, 5) is 0. The molecule has 0 aliphatic heterocycles. The van der Waals surface area contributed by atoms with Gasteiger partial charge in [-0.05, 0) is 36.5 Å². The molecule has 0 bridgehead atoms. The van der Waals surface area contributed by atoms with Crippen molar-refractivity contribution >= 4 is 11.4 Å². The van der Waals surface area contributed by atoms with Crippen LogP contribution in [0.25, 0.3) is 0 Å².